The first kappa shape index (κ1) is 17.5. The summed E-state index contributed by atoms with van der Waals surface area (Å²) in [7, 11) is 0. The lowest BCUT2D eigenvalue weighted by molar-refractivity contribution is -0.141. The molecule has 0 spiro atoms. The van der Waals surface area contributed by atoms with Gasteiger partial charge < -0.3 is 10.2 Å². The second-order valence-electron chi connectivity index (χ2n) is 4.61. The molecule has 9 heteroatoms. The van der Waals surface area contributed by atoms with Crippen LogP contribution in [0.25, 0.3) is 0 Å². The number of aromatic nitrogens is 2. The van der Waals surface area contributed by atoms with Crippen LogP contribution < -0.4 is 10.2 Å². The number of amides is 1. The summed E-state index contributed by atoms with van der Waals surface area (Å²) in [6.07, 6.45) is -4.62. The Bertz CT molecular complexity index is 508. The number of halogens is 4. The third-order valence-corrected chi connectivity index (χ3v) is 2.63. The van der Waals surface area contributed by atoms with E-state index >= 15 is 0 Å². The molecular weight excluding hydrogens is 309 g/mol. The molecule has 21 heavy (non-hydrogen) atoms. The van der Waals surface area contributed by atoms with Gasteiger partial charge in [-0.25, -0.2) is 9.97 Å². The largest absolute Gasteiger partial charge is 0.433 e. The highest BCUT2D eigenvalue weighted by Gasteiger charge is 2.34. The predicted molar refractivity (Wildman–Crippen MR) is 73.2 cm³/mol. The second-order valence-corrected chi connectivity index (χ2v) is 4.95. The zero-order valence-electron chi connectivity index (χ0n) is 11.8. The van der Waals surface area contributed by atoms with Gasteiger partial charge in [-0.3, -0.25) is 4.79 Å². The van der Waals surface area contributed by atoms with Gasteiger partial charge in [-0.2, -0.15) is 13.2 Å². The molecule has 0 bridgehead atoms. The number of carbonyl (C=O) groups excluding carboxylic acids is 1. The van der Waals surface area contributed by atoms with E-state index in [1.165, 1.54) is 4.90 Å². The van der Waals surface area contributed by atoms with Crippen LogP contribution in [0.5, 0.6) is 0 Å². The smallest absolute Gasteiger partial charge is 0.352 e. The maximum atomic E-state index is 12.7. The summed E-state index contributed by atoms with van der Waals surface area (Å²) < 4.78 is 38.1. The number of likely N-dealkylation sites (N-methyl/N-ethyl adjacent to an activating group) is 1. The number of alkyl halides is 3. The van der Waals surface area contributed by atoms with Crippen molar-refractivity contribution in [2.75, 3.05) is 18.0 Å². The summed E-state index contributed by atoms with van der Waals surface area (Å²) >= 11 is 5.53. The highest BCUT2D eigenvalue weighted by Crippen LogP contribution is 2.30. The molecule has 1 aromatic rings. The van der Waals surface area contributed by atoms with Crippen molar-refractivity contribution in [3.8, 4) is 0 Å². The van der Waals surface area contributed by atoms with E-state index in [4.69, 9.17) is 11.6 Å². The Morgan fingerprint density at radius 3 is 2.52 bits per heavy atom. The lowest BCUT2D eigenvalue weighted by Crippen LogP contribution is -2.40. The number of nitrogens with zero attached hydrogens (tertiary/aromatic N) is 3. The lowest BCUT2D eigenvalue weighted by Gasteiger charge is -2.22. The van der Waals surface area contributed by atoms with Crippen LogP contribution in [0.2, 0.25) is 5.28 Å². The minimum absolute atomic E-state index is 0.0382. The van der Waals surface area contributed by atoms with Gasteiger partial charge in [0, 0.05) is 18.7 Å². The van der Waals surface area contributed by atoms with Crippen molar-refractivity contribution in [3.63, 3.8) is 0 Å². The molecular formula is C12H16ClF3N4O. The predicted octanol–water partition coefficient (Wildman–Crippen LogP) is 2.50. The fourth-order valence-corrected chi connectivity index (χ4v) is 1.79. The molecule has 118 valence electrons. The molecule has 1 amide bonds. The van der Waals surface area contributed by atoms with E-state index in [1.807, 2.05) is 0 Å². The van der Waals surface area contributed by atoms with Crippen LogP contribution in [0.3, 0.4) is 0 Å². The molecule has 5 nitrogen and oxygen atoms in total. The summed E-state index contributed by atoms with van der Waals surface area (Å²) in [6, 6.07) is 0.717. The zero-order valence-corrected chi connectivity index (χ0v) is 12.6. The molecule has 0 aliphatic heterocycles. The Labute approximate surface area is 125 Å². The standard InChI is InChI=1S/C12H16ClF3N4O/c1-4-20(6-10(21)17-7(2)3)9-5-8(12(14,15)16)18-11(13)19-9/h5,7H,4,6H2,1-3H3,(H,17,21). The van der Waals surface area contributed by atoms with E-state index in [2.05, 4.69) is 15.3 Å². The quantitative estimate of drug-likeness (QED) is 0.845. The van der Waals surface area contributed by atoms with Crippen LogP contribution in [0.4, 0.5) is 19.0 Å². The van der Waals surface area contributed by atoms with E-state index in [9.17, 15) is 18.0 Å². The van der Waals surface area contributed by atoms with Gasteiger partial charge in [0.25, 0.3) is 0 Å². The van der Waals surface area contributed by atoms with E-state index in [0.29, 0.717) is 6.54 Å². The molecule has 0 radical (unpaired) electrons. The molecule has 1 rings (SSSR count). The van der Waals surface area contributed by atoms with E-state index in [-0.39, 0.29) is 24.3 Å². The minimum atomic E-state index is -4.62. The summed E-state index contributed by atoms with van der Waals surface area (Å²) in [4.78, 5) is 20.0. The van der Waals surface area contributed by atoms with Crippen molar-refractivity contribution >= 4 is 23.3 Å². The zero-order chi connectivity index (χ0) is 16.2. The van der Waals surface area contributed by atoms with Gasteiger partial charge in [-0.1, -0.05) is 0 Å². The Balaban J connectivity index is 3.00. The Morgan fingerprint density at radius 2 is 2.05 bits per heavy atom. The second kappa shape index (κ2) is 6.93. The Morgan fingerprint density at radius 1 is 1.43 bits per heavy atom. The average Bonchev–Trinajstić information content (AvgIpc) is 2.33. The van der Waals surface area contributed by atoms with Crippen molar-refractivity contribution in [3.05, 3.63) is 17.0 Å². The van der Waals surface area contributed by atoms with E-state index in [1.54, 1.807) is 20.8 Å². The number of hydrogen-bond acceptors (Lipinski definition) is 4. The van der Waals surface area contributed by atoms with Crippen LogP contribution in [-0.4, -0.2) is 35.0 Å². The van der Waals surface area contributed by atoms with E-state index < -0.39 is 17.2 Å². The van der Waals surface area contributed by atoms with Crippen LogP contribution in [0.15, 0.2) is 6.07 Å². The van der Waals surface area contributed by atoms with Crippen molar-refractivity contribution < 1.29 is 18.0 Å². The molecule has 1 N–H and O–H groups in total. The molecule has 0 aromatic carbocycles. The van der Waals surface area contributed by atoms with Gasteiger partial charge in [0.05, 0.1) is 6.54 Å². The first-order chi connectivity index (χ1) is 9.63. The molecule has 1 aromatic heterocycles. The topological polar surface area (TPSA) is 58.1 Å². The lowest BCUT2D eigenvalue weighted by atomic mass is 10.3. The van der Waals surface area contributed by atoms with Gasteiger partial charge in [0.15, 0.2) is 5.69 Å². The monoisotopic (exact) mass is 324 g/mol. The molecule has 0 saturated carbocycles. The van der Waals surface area contributed by atoms with Gasteiger partial charge in [-0.15, -0.1) is 0 Å². The van der Waals surface area contributed by atoms with Crippen molar-refractivity contribution in [2.45, 2.75) is 33.0 Å². The van der Waals surface area contributed by atoms with Crippen molar-refractivity contribution in [1.29, 1.82) is 0 Å². The molecule has 0 unspecified atom stereocenters. The minimum Gasteiger partial charge on any atom is -0.352 e. The molecule has 0 aliphatic rings. The van der Waals surface area contributed by atoms with Crippen LogP contribution in [0.1, 0.15) is 26.5 Å². The average molecular weight is 325 g/mol. The van der Waals surface area contributed by atoms with E-state index in [0.717, 1.165) is 6.07 Å². The van der Waals surface area contributed by atoms with Gasteiger partial charge in [-0.05, 0) is 32.4 Å². The van der Waals surface area contributed by atoms with Crippen LogP contribution in [0, 0.1) is 0 Å². The van der Waals surface area contributed by atoms with Crippen molar-refractivity contribution in [2.24, 2.45) is 0 Å². The number of carbonyl (C=O) groups is 1. The fraction of sp³-hybridized carbons (Fsp3) is 0.583. The SMILES string of the molecule is CCN(CC(=O)NC(C)C)c1cc(C(F)(F)F)nc(Cl)n1. The Kier molecular flexibility index (Phi) is 5.77. The maximum absolute atomic E-state index is 12.7. The normalized spacial score (nSPS) is 11.6. The third kappa shape index (κ3) is 5.37. The summed E-state index contributed by atoms with van der Waals surface area (Å²) in [5.74, 6) is -0.348. The third-order valence-electron chi connectivity index (χ3n) is 2.47. The molecule has 0 aliphatic carbocycles. The molecule has 0 atom stereocenters. The number of nitrogens with one attached hydrogen (secondary N) is 1. The summed E-state index contributed by atoms with van der Waals surface area (Å²) in [5, 5.41) is 2.15. The summed E-state index contributed by atoms with van der Waals surface area (Å²) in [6.45, 7) is 5.47. The highest BCUT2D eigenvalue weighted by molar-refractivity contribution is 6.28. The molecule has 0 fully saturated rings. The number of hydrogen-bond donors (Lipinski definition) is 1. The van der Waals surface area contributed by atoms with Crippen LogP contribution in [-0.2, 0) is 11.0 Å². The maximum Gasteiger partial charge on any atom is 0.433 e. The Hall–Kier alpha value is -1.57. The summed E-state index contributed by atoms with van der Waals surface area (Å²) in [5.41, 5.74) is -1.14. The number of anilines is 1. The highest BCUT2D eigenvalue weighted by atomic mass is 35.5. The fourth-order valence-electron chi connectivity index (χ4n) is 1.61. The molecule has 1 heterocycles. The van der Waals surface area contributed by atoms with Gasteiger partial charge in [0.1, 0.15) is 5.82 Å². The van der Waals surface area contributed by atoms with Crippen molar-refractivity contribution in [1.82, 2.24) is 15.3 Å². The molecule has 0 saturated heterocycles. The number of rotatable bonds is 5. The van der Waals surface area contributed by atoms with Gasteiger partial charge in [0.2, 0.25) is 11.2 Å². The van der Waals surface area contributed by atoms with Gasteiger partial charge >= 0.3 is 6.18 Å². The van der Waals surface area contributed by atoms with Crippen LogP contribution >= 0.6 is 11.6 Å². The first-order valence-corrected chi connectivity index (χ1v) is 6.67. The first-order valence-electron chi connectivity index (χ1n) is 6.29.